The number of hydrogen-bond donors (Lipinski definition) is 1. The van der Waals surface area contributed by atoms with Crippen LogP contribution in [0, 0.1) is 6.92 Å². The summed E-state index contributed by atoms with van der Waals surface area (Å²) in [6.45, 7) is 5.21. The lowest BCUT2D eigenvalue weighted by Crippen LogP contribution is -2.09. The summed E-state index contributed by atoms with van der Waals surface area (Å²) in [4.78, 5) is 4.65. The SMILES string of the molecule is CCCn1c(C2CCCC2)nc(C)c1N. The predicted molar refractivity (Wildman–Crippen MR) is 62.9 cm³/mol. The molecule has 3 heteroatoms. The van der Waals surface area contributed by atoms with Crippen molar-refractivity contribution in [2.24, 2.45) is 0 Å². The van der Waals surface area contributed by atoms with Gasteiger partial charge in [-0.3, -0.25) is 0 Å². The molecule has 3 nitrogen and oxygen atoms in total. The third-order valence-electron chi connectivity index (χ3n) is 3.39. The first kappa shape index (κ1) is 10.5. The molecule has 2 rings (SSSR count). The van der Waals surface area contributed by atoms with Crippen LogP contribution in [0.15, 0.2) is 0 Å². The highest BCUT2D eigenvalue weighted by molar-refractivity contribution is 5.38. The van der Waals surface area contributed by atoms with Crippen molar-refractivity contribution in [2.45, 2.75) is 58.4 Å². The molecule has 1 heterocycles. The molecule has 0 unspecified atom stereocenters. The van der Waals surface area contributed by atoms with Gasteiger partial charge in [0, 0.05) is 12.5 Å². The molecule has 15 heavy (non-hydrogen) atoms. The van der Waals surface area contributed by atoms with Gasteiger partial charge in [0.25, 0.3) is 0 Å². The third kappa shape index (κ3) is 1.87. The maximum absolute atomic E-state index is 6.06. The van der Waals surface area contributed by atoms with E-state index < -0.39 is 0 Å². The minimum Gasteiger partial charge on any atom is -0.384 e. The molecule has 0 aromatic carbocycles. The summed E-state index contributed by atoms with van der Waals surface area (Å²) in [6.07, 6.45) is 6.41. The Labute approximate surface area is 91.7 Å². The van der Waals surface area contributed by atoms with E-state index in [-0.39, 0.29) is 0 Å². The Balaban J connectivity index is 2.31. The first-order valence-corrected chi connectivity index (χ1v) is 6.06. The molecule has 84 valence electrons. The van der Waals surface area contributed by atoms with Crippen LogP contribution in [0.4, 0.5) is 5.82 Å². The molecule has 1 fully saturated rings. The lowest BCUT2D eigenvalue weighted by atomic mass is 10.1. The molecule has 1 aromatic heterocycles. The van der Waals surface area contributed by atoms with Crippen molar-refractivity contribution in [2.75, 3.05) is 5.73 Å². The van der Waals surface area contributed by atoms with Gasteiger partial charge < -0.3 is 10.3 Å². The molecule has 1 aliphatic carbocycles. The van der Waals surface area contributed by atoms with E-state index in [1.165, 1.54) is 31.5 Å². The van der Waals surface area contributed by atoms with Gasteiger partial charge >= 0.3 is 0 Å². The summed E-state index contributed by atoms with van der Waals surface area (Å²) in [5.41, 5.74) is 7.06. The van der Waals surface area contributed by atoms with Gasteiger partial charge in [-0.05, 0) is 26.2 Å². The van der Waals surface area contributed by atoms with Crippen molar-refractivity contribution in [3.63, 3.8) is 0 Å². The minimum absolute atomic E-state index is 0.660. The molecular formula is C12H21N3. The summed E-state index contributed by atoms with van der Waals surface area (Å²) in [5.74, 6) is 2.77. The Hall–Kier alpha value is -0.990. The molecule has 0 saturated heterocycles. The molecule has 1 aromatic rings. The molecule has 0 aliphatic heterocycles. The number of nitrogen functional groups attached to an aromatic ring is 1. The van der Waals surface area contributed by atoms with Crippen molar-refractivity contribution in [3.05, 3.63) is 11.5 Å². The Bertz CT molecular complexity index is 335. The highest BCUT2D eigenvalue weighted by atomic mass is 15.1. The normalized spacial score (nSPS) is 17.5. The largest absolute Gasteiger partial charge is 0.384 e. The van der Waals surface area contributed by atoms with Gasteiger partial charge in [-0.2, -0.15) is 0 Å². The van der Waals surface area contributed by atoms with Gasteiger partial charge in [0.05, 0.1) is 5.69 Å². The Morgan fingerprint density at radius 1 is 1.40 bits per heavy atom. The average Bonchev–Trinajstić information content (AvgIpc) is 2.81. The molecule has 2 N–H and O–H groups in total. The molecule has 0 bridgehead atoms. The second-order valence-electron chi connectivity index (χ2n) is 4.57. The van der Waals surface area contributed by atoms with Crippen LogP contribution < -0.4 is 5.73 Å². The van der Waals surface area contributed by atoms with Crippen molar-refractivity contribution < 1.29 is 0 Å². The summed E-state index contributed by atoms with van der Waals surface area (Å²) in [6, 6.07) is 0. The molecule has 1 aliphatic rings. The van der Waals surface area contributed by atoms with Crippen LogP contribution >= 0.6 is 0 Å². The Kier molecular flexibility index (Phi) is 2.98. The van der Waals surface area contributed by atoms with E-state index in [0.717, 1.165) is 24.5 Å². The zero-order chi connectivity index (χ0) is 10.8. The summed E-state index contributed by atoms with van der Waals surface area (Å²) in [5, 5.41) is 0. The number of hydrogen-bond acceptors (Lipinski definition) is 2. The second-order valence-corrected chi connectivity index (χ2v) is 4.57. The van der Waals surface area contributed by atoms with Crippen LogP contribution in [0.2, 0.25) is 0 Å². The van der Waals surface area contributed by atoms with E-state index >= 15 is 0 Å². The summed E-state index contributed by atoms with van der Waals surface area (Å²) < 4.78 is 2.23. The predicted octanol–water partition coefficient (Wildman–Crippen LogP) is 2.84. The topological polar surface area (TPSA) is 43.8 Å². The second kappa shape index (κ2) is 4.25. The molecule has 0 spiro atoms. The maximum Gasteiger partial charge on any atom is 0.126 e. The van der Waals surface area contributed by atoms with Crippen molar-refractivity contribution >= 4 is 5.82 Å². The van der Waals surface area contributed by atoms with Gasteiger partial charge in [0.15, 0.2) is 0 Å². The molecule has 0 atom stereocenters. The number of nitrogens with zero attached hydrogens (tertiary/aromatic N) is 2. The fourth-order valence-corrected chi connectivity index (χ4v) is 2.56. The molecule has 1 saturated carbocycles. The van der Waals surface area contributed by atoms with Crippen LogP contribution in [0.25, 0.3) is 0 Å². The van der Waals surface area contributed by atoms with Crippen molar-refractivity contribution in [1.29, 1.82) is 0 Å². The smallest absolute Gasteiger partial charge is 0.126 e. The fourth-order valence-electron chi connectivity index (χ4n) is 2.56. The van der Waals surface area contributed by atoms with E-state index in [1.807, 2.05) is 6.92 Å². The first-order valence-electron chi connectivity index (χ1n) is 6.06. The Morgan fingerprint density at radius 3 is 2.67 bits per heavy atom. The van der Waals surface area contributed by atoms with Crippen LogP contribution in [0.1, 0.15) is 56.5 Å². The highest BCUT2D eigenvalue weighted by Gasteiger charge is 2.23. The number of anilines is 1. The number of rotatable bonds is 3. The van der Waals surface area contributed by atoms with Gasteiger partial charge in [-0.1, -0.05) is 19.8 Å². The van der Waals surface area contributed by atoms with E-state index in [2.05, 4.69) is 16.5 Å². The van der Waals surface area contributed by atoms with E-state index in [0.29, 0.717) is 5.92 Å². The summed E-state index contributed by atoms with van der Waals surface area (Å²) in [7, 11) is 0. The quantitative estimate of drug-likeness (QED) is 0.828. The number of nitrogens with two attached hydrogens (primary N) is 1. The number of aromatic nitrogens is 2. The summed E-state index contributed by atoms with van der Waals surface area (Å²) >= 11 is 0. The molecular weight excluding hydrogens is 186 g/mol. The lowest BCUT2D eigenvalue weighted by molar-refractivity contribution is 0.579. The van der Waals surface area contributed by atoms with Crippen LogP contribution in [-0.4, -0.2) is 9.55 Å². The minimum atomic E-state index is 0.660. The lowest BCUT2D eigenvalue weighted by Gasteiger charge is -2.12. The third-order valence-corrected chi connectivity index (χ3v) is 3.39. The monoisotopic (exact) mass is 207 g/mol. The van der Waals surface area contributed by atoms with Gasteiger partial charge in [-0.15, -0.1) is 0 Å². The molecule has 0 amide bonds. The highest BCUT2D eigenvalue weighted by Crippen LogP contribution is 2.35. The van der Waals surface area contributed by atoms with Gasteiger partial charge in [-0.25, -0.2) is 4.98 Å². The van der Waals surface area contributed by atoms with Gasteiger partial charge in [0.1, 0.15) is 11.6 Å². The molecule has 0 radical (unpaired) electrons. The van der Waals surface area contributed by atoms with Crippen molar-refractivity contribution in [1.82, 2.24) is 9.55 Å². The van der Waals surface area contributed by atoms with Gasteiger partial charge in [0.2, 0.25) is 0 Å². The van der Waals surface area contributed by atoms with Crippen LogP contribution in [-0.2, 0) is 6.54 Å². The maximum atomic E-state index is 6.06. The zero-order valence-electron chi connectivity index (χ0n) is 9.79. The van der Waals surface area contributed by atoms with Crippen LogP contribution in [0.5, 0.6) is 0 Å². The van der Waals surface area contributed by atoms with E-state index in [1.54, 1.807) is 0 Å². The van der Waals surface area contributed by atoms with E-state index in [9.17, 15) is 0 Å². The Morgan fingerprint density at radius 2 is 2.07 bits per heavy atom. The standard InChI is InChI=1S/C12H21N3/c1-3-8-15-11(13)9(2)14-12(15)10-6-4-5-7-10/h10H,3-8,13H2,1-2H3. The van der Waals surface area contributed by atoms with E-state index in [4.69, 9.17) is 5.73 Å². The number of aryl methyl sites for hydroxylation is 1. The fraction of sp³-hybridized carbons (Fsp3) is 0.750. The average molecular weight is 207 g/mol. The number of imidazole rings is 1. The van der Waals surface area contributed by atoms with Crippen molar-refractivity contribution in [3.8, 4) is 0 Å². The van der Waals surface area contributed by atoms with Crippen LogP contribution in [0.3, 0.4) is 0 Å². The first-order chi connectivity index (χ1) is 7.24. The zero-order valence-corrected chi connectivity index (χ0v) is 9.79.